The minimum atomic E-state index is -0.293. The van der Waals surface area contributed by atoms with Crippen LogP contribution in [0.2, 0.25) is 0 Å². The molecular formula is C28H32FN5O3. The molecule has 0 saturated carbocycles. The summed E-state index contributed by atoms with van der Waals surface area (Å²) >= 11 is 0. The van der Waals surface area contributed by atoms with Gasteiger partial charge in [0.15, 0.2) is 5.82 Å². The van der Waals surface area contributed by atoms with Crippen molar-refractivity contribution in [2.75, 3.05) is 57.9 Å². The van der Waals surface area contributed by atoms with E-state index in [-0.39, 0.29) is 24.2 Å². The zero-order valence-electron chi connectivity index (χ0n) is 21.3. The number of anilines is 1. The molecule has 2 aromatic carbocycles. The van der Waals surface area contributed by atoms with E-state index in [0.29, 0.717) is 44.0 Å². The van der Waals surface area contributed by atoms with Crippen LogP contribution >= 0.6 is 0 Å². The lowest BCUT2D eigenvalue weighted by molar-refractivity contribution is -0.131. The highest BCUT2D eigenvalue weighted by Gasteiger charge is 2.25. The average Bonchev–Trinajstić information content (AvgIpc) is 3.18. The molecule has 2 heterocycles. The average molecular weight is 506 g/mol. The fraction of sp³-hybridized carbons (Fsp3) is 0.357. The number of halogens is 1. The lowest BCUT2D eigenvalue weighted by atomic mass is 10.1. The number of carbonyl (C=O) groups is 2. The van der Waals surface area contributed by atoms with Gasteiger partial charge in [0.1, 0.15) is 12.4 Å². The van der Waals surface area contributed by atoms with E-state index in [9.17, 15) is 14.0 Å². The van der Waals surface area contributed by atoms with Gasteiger partial charge in [0.2, 0.25) is 5.91 Å². The molecule has 0 bridgehead atoms. The maximum atomic E-state index is 13.2. The van der Waals surface area contributed by atoms with Gasteiger partial charge in [-0.05, 0) is 61.4 Å². The van der Waals surface area contributed by atoms with E-state index in [0.717, 1.165) is 29.9 Å². The maximum Gasteiger partial charge on any atom is 0.254 e. The van der Waals surface area contributed by atoms with Crippen LogP contribution in [0.1, 0.15) is 22.3 Å². The number of amides is 2. The molecule has 0 atom stereocenters. The van der Waals surface area contributed by atoms with E-state index in [1.807, 2.05) is 42.2 Å². The Morgan fingerprint density at radius 1 is 0.973 bits per heavy atom. The first kappa shape index (κ1) is 26.2. The van der Waals surface area contributed by atoms with Gasteiger partial charge in [0.05, 0.1) is 12.3 Å². The summed E-state index contributed by atoms with van der Waals surface area (Å²) in [6.45, 7) is 5.06. The molecule has 0 radical (unpaired) electrons. The third kappa shape index (κ3) is 6.68. The second-order valence-electron chi connectivity index (χ2n) is 9.04. The molecule has 1 fully saturated rings. The molecule has 3 aromatic rings. The molecule has 1 aliphatic heterocycles. The minimum Gasteiger partial charge on any atom is -0.383 e. The number of ether oxygens (including phenoxy) is 1. The van der Waals surface area contributed by atoms with Crippen molar-refractivity contribution < 1.29 is 18.7 Å². The lowest BCUT2D eigenvalue weighted by Gasteiger charge is -2.27. The summed E-state index contributed by atoms with van der Waals surface area (Å²) in [7, 11) is 1.58. The number of nitrogens with zero attached hydrogens (tertiary/aromatic N) is 5. The van der Waals surface area contributed by atoms with Gasteiger partial charge in [0.25, 0.3) is 5.91 Å². The van der Waals surface area contributed by atoms with Gasteiger partial charge in [-0.25, -0.2) is 4.39 Å². The summed E-state index contributed by atoms with van der Waals surface area (Å²) in [5.41, 5.74) is 2.94. The molecule has 0 spiro atoms. The quantitative estimate of drug-likeness (QED) is 0.467. The standard InChI is InChI=1S/C28H32FN5O3/c1-21-6-3-4-7-24(21)28(36)34(18-19-37-2)20-27(35)33-15-5-14-32(16-17-33)26-13-12-25(30-31-26)22-8-10-23(29)11-9-22/h3-4,6-13H,5,14-20H2,1-2H3. The smallest absolute Gasteiger partial charge is 0.254 e. The lowest BCUT2D eigenvalue weighted by Crippen LogP contribution is -2.45. The van der Waals surface area contributed by atoms with Crippen LogP contribution in [0.5, 0.6) is 0 Å². The van der Waals surface area contributed by atoms with Gasteiger partial charge in [-0.3, -0.25) is 9.59 Å². The highest BCUT2D eigenvalue weighted by molar-refractivity contribution is 5.97. The van der Waals surface area contributed by atoms with Crippen molar-refractivity contribution in [1.82, 2.24) is 20.0 Å². The molecule has 1 saturated heterocycles. The minimum absolute atomic E-state index is 0.00268. The Morgan fingerprint density at radius 2 is 1.76 bits per heavy atom. The van der Waals surface area contributed by atoms with E-state index >= 15 is 0 Å². The summed E-state index contributed by atoms with van der Waals surface area (Å²) in [4.78, 5) is 31.9. The molecule has 0 unspecified atom stereocenters. The number of methoxy groups -OCH3 is 1. The predicted octanol–water partition coefficient (Wildman–Crippen LogP) is 3.42. The summed E-state index contributed by atoms with van der Waals surface area (Å²) in [5.74, 6) is 0.184. The molecule has 37 heavy (non-hydrogen) atoms. The Morgan fingerprint density at radius 3 is 2.46 bits per heavy atom. The maximum absolute atomic E-state index is 13.2. The highest BCUT2D eigenvalue weighted by atomic mass is 19.1. The van der Waals surface area contributed by atoms with Crippen LogP contribution in [-0.4, -0.2) is 84.8 Å². The van der Waals surface area contributed by atoms with Gasteiger partial charge in [-0.15, -0.1) is 10.2 Å². The van der Waals surface area contributed by atoms with E-state index < -0.39 is 0 Å². The van der Waals surface area contributed by atoms with E-state index in [2.05, 4.69) is 15.1 Å². The predicted molar refractivity (Wildman–Crippen MR) is 140 cm³/mol. The number of aryl methyl sites for hydroxylation is 1. The second kappa shape index (κ2) is 12.4. The van der Waals surface area contributed by atoms with E-state index in [4.69, 9.17) is 4.74 Å². The van der Waals surface area contributed by atoms with Crippen LogP contribution in [0, 0.1) is 12.7 Å². The number of benzene rings is 2. The molecule has 0 N–H and O–H groups in total. The fourth-order valence-electron chi connectivity index (χ4n) is 4.36. The second-order valence-corrected chi connectivity index (χ2v) is 9.04. The molecule has 0 aliphatic carbocycles. The van der Waals surface area contributed by atoms with Gasteiger partial charge >= 0.3 is 0 Å². The third-order valence-corrected chi connectivity index (χ3v) is 6.52. The summed E-state index contributed by atoms with van der Waals surface area (Å²) < 4.78 is 18.4. The first-order chi connectivity index (χ1) is 18.0. The van der Waals surface area contributed by atoms with Crippen LogP contribution in [0.4, 0.5) is 10.2 Å². The normalized spacial score (nSPS) is 13.8. The zero-order chi connectivity index (χ0) is 26.2. The Labute approximate surface area is 216 Å². The zero-order valence-corrected chi connectivity index (χ0v) is 21.3. The number of hydrogen-bond acceptors (Lipinski definition) is 6. The summed E-state index contributed by atoms with van der Waals surface area (Å²) in [5, 5.41) is 8.68. The first-order valence-electron chi connectivity index (χ1n) is 12.4. The van der Waals surface area contributed by atoms with Gasteiger partial charge in [0, 0.05) is 51.0 Å². The number of aromatic nitrogens is 2. The Kier molecular flexibility index (Phi) is 8.79. The molecule has 1 aromatic heterocycles. The number of hydrogen-bond donors (Lipinski definition) is 0. The van der Waals surface area contributed by atoms with Crippen molar-refractivity contribution in [2.45, 2.75) is 13.3 Å². The molecule has 4 rings (SSSR count). The number of carbonyl (C=O) groups excluding carboxylic acids is 2. The Hall–Kier alpha value is -3.85. The van der Waals surface area contributed by atoms with Crippen molar-refractivity contribution in [3.63, 3.8) is 0 Å². The Bertz CT molecular complexity index is 1200. The highest BCUT2D eigenvalue weighted by Crippen LogP contribution is 2.20. The van der Waals surface area contributed by atoms with Crippen molar-refractivity contribution in [1.29, 1.82) is 0 Å². The SMILES string of the molecule is COCCN(CC(=O)N1CCCN(c2ccc(-c3ccc(F)cc3)nn2)CC1)C(=O)c1ccccc1C. The molecule has 1 aliphatic rings. The van der Waals surface area contributed by atoms with Crippen LogP contribution in [0.15, 0.2) is 60.7 Å². The van der Waals surface area contributed by atoms with E-state index in [1.54, 1.807) is 30.2 Å². The number of rotatable bonds is 8. The van der Waals surface area contributed by atoms with Crippen LogP contribution < -0.4 is 4.90 Å². The molecule has 9 heteroatoms. The Balaban J connectivity index is 1.38. The summed E-state index contributed by atoms with van der Waals surface area (Å²) in [6, 6.07) is 17.3. The van der Waals surface area contributed by atoms with Crippen molar-refractivity contribution in [3.05, 3.63) is 77.6 Å². The fourth-order valence-corrected chi connectivity index (χ4v) is 4.36. The molecule has 194 valence electrons. The summed E-state index contributed by atoms with van der Waals surface area (Å²) in [6.07, 6.45) is 0.775. The van der Waals surface area contributed by atoms with Crippen LogP contribution in [0.3, 0.4) is 0 Å². The van der Waals surface area contributed by atoms with Crippen molar-refractivity contribution in [3.8, 4) is 11.3 Å². The van der Waals surface area contributed by atoms with Crippen molar-refractivity contribution >= 4 is 17.6 Å². The van der Waals surface area contributed by atoms with Gasteiger partial charge in [-0.1, -0.05) is 18.2 Å². The first-order valence-corrected chi connectivity index (χ1v) is 12.4. The van der Waals surface area contributed by atoms with Gasteiger partial charge < -0.3 is 19.4 Å². The molecular weight excluding hydrogens is 473 g/mol. The van der Waals surface area contributed by atoms with Gasteiger partial charge in [-0.2, -0.15) is 0 Å². The third-order valence-electron chi connectivity index (χ3n) is 6.52. The largest absolute Gasteiger partial charge is 0.383 e. The monoisotopic (exact) mass is 505 g/mol. The molecule has 8 nitrogen and oxygen atoms in total. The van der Waals surface area contributed by atoms with Crippen LogP contribution in [0.25, 0.3) is 11.3 Å². The van der Waals surface area contributed by atoms with Crippen molar-refractivity contribution in [2.24, 2.45) is 0 Å². The van der Waals surface area contributed by atoms with E-state index in [1.165, 1.54) is 12.1 Å². The topological polar surface area (TPSA) is 78.9 Å². The van der Waals surface area contributed by atoms with Crippen LogP contribution in [-0.2, 0) is 9.53 Å². The molecule has 2 amide bonds.